The van der Waals surface area contributed by atoms with Gasteiger partial charge in [-0.05, 0) is 67.3 Å². The van der Waals surface area contributed by atoms with Crippen molar-refractivity contribution in [2.75, 3.05) is 0 Å². The van der Waals surface area contributed by atoms with Gasteiger partial charge in [-0.3, -0.25) is 4.28 Å². The molecule has 1 rings (SSSR count). The van der Waals surface area contributed by atoms with E-state index in [0.717, 1.165) is 5.56 Å². The van der Waals surface area contributed by atoms with E-state index in [-0.39, 0.29) is 22.6 Å². The number of hydrogen-bond donors (Lipinski definition) is 0. The minimum atomic E-state index is -4.48. The third-order valence-electron chi connectivity index (χ3n) is 4.63. The summed E-state index contributed by atoms with van der Waals surface area (Å²) in [6, 6.07) is 3.70. The summed E-state index contributed by atoms with van der Waals surface area (Å²) in [6.07, 6.45) is -1.12. The molecule has 186 valence electrons. The molecule has 0 amide bonds. The quantitative estimate of drug-likeness (QED) is 0.199. The highest BCUT2D eigenvalue weighted by atomic mass is 32.2. The summed E-state index contributed by atoms with van der Waals surface area (Å²) >= 11 is 0. The van der Waals surface area contributed by atoms with E-state index in [1.54, 1.807) is 27.7 Å². The van der Waals surface area contributed by atoms with Crippen LogP contribution in [-0.2, 0) is 33.5 Å². The highest BCUT2D eigenvalue weighted by molar-refractivity contribution is 7.86. The van der Waals surface area contributed by atoms with E-state index in [9.17, 15) is 18.0 Å². The molecule has 8 nitrogen and oxygen atoms in total. The van der Waals surface area contributed by atoms with E-state index in [1.807, 2.05) is 53.7 Å². The van der Waals surface area contributed by atoms with Gasteiger partial charge >= 0.3 is 22.1 Å². The Morgan fingerprint density at radius 3 is 1.42 bits per heavy atom. The van der Waals surface area contributed by atoms with Crippen LogP contribution in [0.4, 0.5) is 0 Å². The lowest BCUT2D eigenvalue weighted by molar-refractivity contribution is -0.144. The van der Waals surface area contributed by atoms with Crippen LogP contribution in [0, 0.1) is 0 Å². The Hall–Kier alpha value is -2.42. The second kappa shape index (κ2) is 11.6. The van der Waals surface area contributed by atoms with Crippen LogP contribution in [0.15, 0.2) is 22.2 Å². The zero-order valence-electron chi connectivity index (χ0n) is 21.3. The fourth-order valence-corrected chi connectivity index (χ4v) is 4.41. The van der Waals surface area contributed by atoms with Gasteiger partial charge in [-0.2, -0.15) is 8.42 Å². The molecule has 0 bridgehead atoms. The molecular formula is C24H37NO7S. The first-order chi connectivity index (χ1) is 15.1. The number of rotatable bonds is 10. The summed E-state index contributed by atoms with van der Waals surface area (Å²) in [5.41, 5.74) is 1.29. The van der Waals surface area contributed by atoms with E-state index < -0.39 is 40.0 Å². The largest absolute Gasteiger partial charge is 0.458 e. The van der Waals surface area contributed by atoms with Gasteiger partial charge < -0.3 is 9.47 Å². The van der Waals surface area contributed by atoms with Crippen LogP contribution in [0.25, 0.3) is 0 Å². The van der Waals surface area contributed by atoms with Crippen molar-refractivity contribution in [3.05, 3.63) is 28.8 Å². The van der Waals surface area contributed by atoms with Gasteiger partial charge in [-0.15, -0.1) is 0 Å². The molecule has 0 aliphatic heterocycles. The summed E-state index contributed by atoms with van der Waals surface area (Å²) < 4.78 is 41.6. The molecule has 0 aromatic heterocycles. The first-order valence-corrected chi connectivity index (χ1v) is 12.6. The van der Waals surface area contributed by atoms with E-state index >= 15 is 0 Å². The smallest absolute Gasteiger partial charge is 0.368 e. The van der Waals surface area contributed by atoms with E-state index in [4.69, 9.17) is 13.8 Å². The van der Waals surface area contributed by atoms with Gasteiger partial charge in [0.05, 0.1) is 12.2 Å². The van der Waals surface area contributed by atoms with Crippen molar-refractivity contribution in [2.24, 2.45) is 5.16 Å². The highest BCUT2D eigenvalue weighted by Crippen LogP contribution is 2.36. The molecule has 0 spiro atoms. The Labute approximate surface area is 197 Å². The van der Waals surface area contributed by atoms with Crippen LogP contribution < -0.4 is 0 Å². The van der Waals surface area contributed by atoms with Crippen molar-refractivity contribution in [1.29, 1.82) is 0 Å². The van der Waals surface area contributed by atoms with E-state index in [2.05, 4.69) is 5.16 Å². The van der Waals surface area contributed by atoms with Gasteiger partial charge in [0.1, 0.15) is 4.90 Å². The molecule has 0 aliphatic carbocycles. The molecular weight excluding hydrogens is 446 g/mol. The monoisotopic (exact) mass is 483 g/mol. The second-order valence-corrected chi connectivity index (χ2v) is 10.8. The number of ether oxygens (including phenoxy) is 2. The molecule has 0 heterocycles. The lowest BCUT2D eigenvalue weighted by Crippen LogP contribution is -2.32. The Kier molecular flexibility index (Phi) is 10.1. The summed E-state index contributed by atoms with van der Waals surface area (Å²) in [7, 11) is -4.48. The molecule has 0 unspecified atom stereocenters. The number of benzene rings is 1. The molecule has 0 radical (unpaired) electrons. The van der Waals surface area contributed by atoms with Crippen LogP contribution in [0.5, 0.6) is 0 Å². The third kappa shape index (κ3) is 7.84. The molecule has 0 saturated carbocycles. The Morgan fingerprint density at radius 2 is 1.12 bits per heavy atom. The van der Waals surface area contributed by atoms with Crippen LogP contribution in [0.2, 0.25) is 0 Å². The number of esters is 2. The molecule has 0 saturated heterocycles. The van der Waals surface area contributed by atoms with Crippen molar-refractivity contribution in [3.8, 4) is 0 Å². The van der Waals surface area contributed by atoms with Crippen molar-refractivity contribution in [3.63, 3.8) is 0 Å². The zero-order valence-corrected chi connectivity index (χ0v) is 22.1. The summed E-state index contributed by atoms with van der Waals surface area (Å²) in [5.74, 6) is -2.33. The fourth-order valence-electron chi connectivity index (χ4n) is 3.00. The van der Waals surface area contributed by atoms with E-state index in [1.165, 1.54) is 0 Å². The van der Waals surface area contributed by atoms with Crippen LogP contribution >= 0.6 is 0 Å². The number of oxime groups is 1. The predicted molar refractivity (Wildman–Crippen MR) is 127 cm³/mol. The first kappa shape index (κ1) is 28.6. The number of carbonyl (C=O) groups is 2. The maximum atomic E-state index is 13.3. The summed E-state index contributed by atoms with van der Waals surface area (Å²) in [6.45, 7) is 17.9. The fraction of sp³-hybridized carbons (Fsp3) is 0.625. The molecule has 0 atom stereocenters. The zero-order chi connectivity index (χ0) is 25.7. The Bertz CT molecular complexity index is 937. The van der Waals surface area contributed by atoms with Gasteiger partial charge in [0, 0.05) is 0 Å². The van der Waals surface area contributed by atoms with Crippen molar-refractivity contribution in [1.82, 2.24) is 0 Å². The van der Waals surface area contributed by atoms with Crippen LogP contribution in [-0.4, -0.2) is 38.3 Å². The predicted octanol–water partition coefficient (Wildman–Crippen LogP) is 5.02. The molecule has 9 heteroatoms. The maximum Gasteiger partial charge on any atom is 0.368 e. The highest BCUT2D eigenvalue weighted by Gasteiger charge is 2.32. The van der Waals surface area contributed by atoms with Crippen LogP contribution in [0.1, 0.15) is 104 Å². The van der Waals surface area contributed by atoms with Gasteiger partial charge in [0.2, 0.25) is 0 Å². The minimum absolute atomic E-state index is 0.00514. The molecule has 0 fully saturated rings. The topological polar surface area (TPSA) is 108 Å². The van der Waals surface area contributed by atoms with Gasteiger partial charge in [-0.1, -0.05) is 53.7 Å². The standard InChI is InChI=1S/C24H37NO7S/c1-13(2)18-11-19(14(3)4)22(20(12-18)15(5)6)33(28,29)32-25-21(23(26)30-16(7)8)24(27)31-17(9)10/h11-17H,1-10H3. The maximum absolute atomic E-state index is 13.3. The average Bonchev–Trinajstić information content (AvgIpc) is 2.65. The number of nitrogens with zero attached hydrogens (tertiary/aromatic N) is 1. The normalized spacial score (nSPS) is 12.0. The SMILES string of the molecule is CC(C)OC(=O)C(=NOS(=O)(=O)c1c(C(C)C)cc(C(C)C)cc1C(C)C)C(=O)OC(C)C. The lowest BCUT2D eigenvalue weighted by Gasteiger charge is -2.21. The molecule has 0 N–H and O–H groups in total. The first-order valence-electron chi connectivity index (χ1n) is 11.2. The van der Waals surface area contributed by atoms with Crippen LogP contribution in [0.3, 0.4) is 0 Å². The van der Waals surface area contributed by atoms with E-state index in [0.29, 0.717) is 11.1 Å². The Balaban J connectivity index is 3.64. The second-order valence-electron chi connectivity index (χ2n) is 9.37. The van der Waals surface area contributed by atoms with Gasteiger partial charge in [0.25, 0.3) is 5.71 Å². The van der Waals surface area contributed by atoms with Crippen molar-refractivity contribution >= 4 is 27.8 Å². The number of hydrogen-bond acceptors (Lipinski definition) is 8. The lowest BCUT2D eigenvalue weighted by atomic mass is 9.89. The summed E-state index contributed by atoms with van der Waals surface area (Å²) in [5, 5.41) is 3.42. The molecule has 1 aromatic carbocycles. The molecule has 1 aromatic rings. The Morgan fingerprint density at radius 1 is 0.727 bits per heavy atom. The van der Waals surface area contributed by atoms with Gasteiger partial charge in [-0.25, -0.2) is 9.59 Å². The average molecular weight is 484 g/mol. The summed E-state index contributed by atoms with van der Waals surface area (Å²) in [4.78, 5) is 24.7. The molecule has 0 aliphatic rings. The van der Waals surface area contributed by atoms with Gasteiger partial charge in [0.15, 0.2) is 0 Å². The van der Waals surface area contributed by atoms with Crippen molar-refractivity contribution in [2.45, 2.75) is 104 Å². The number of carbonyl (C=O) groups excluding carboxylic acids is 2. The third-order valence-corrected chi connectivity index (χ3v) is 5.87. The molecule has 33 heavy (non-hydrogen) atoms. The minimum Gasteiger partial charge on any atom is -0.458 e. The van der Waals surface area contributed by atoms with Crippen molar-refractivity contribution < 1.29 is 31.8 Å².